The molecule has 0 fully saturated rings. The second-order valence-electron chi connectivity index (χ2n) is 4.33. The van der Waals surface area contributed by atoms with Crippen molar-refractivity contribution in [3.63, 3.8) is 0 Å². The molecule has 3 nitrogen and oxygen atoms in total. The third kappa shape index (κ3) is 1.57. The first-order valence-corrected chi connectivity index (χ1v) is 7.11. The van der Waals surface area contributed by atoms with E-state index in [1.807, 2.05) is 26.0 Å². The van der Waals surface area contributed by atoms with Crippen LogP contribution in [0.1, 0.15) is 31.0 Å². The van der Waals surface area contributed by atoms with Gasteiger partial charge < -0.3 is 5.32 Å². The maximum Gasteiger partial charge on any atom is 0.183 e. The smallest absolute Gasteiger partial charge is 0.183 e. The Hall–Kier alpha value is -0.870. The third-order valence-electron chi connectivity index (χ3n) is 3.19. The predicted molar refractivity (Wildman–Crippen MR) is 64.2 cm³/mol. The largest absolute Gasteiger partial charge is 0.309 e. The first-order valence-electron chi connectivity index (χ1n) is 5.56. The summed E-state index contributed by atoms with van der Waals surface area (Å²) < 4.78 is 24.3. The van der Waals surface area contributed by atoms with Crippen molar-refractivity contribution in [3.8, 4) is 0 Å². The van der Waals surface area contributed by atoms with E-state index >= 15 is 0 Å². The minimum atomic E-state index is -3.13. The van der Waals surface area contributed by atoms with Gasteiger partial charge in [0.05, 0.1) is 16.2 Å². The molecule has 88 valence electrons. The van der Waals surface area contributed by atoms with E-state index in [0.717, 1.165) is 17.7 Å². The van der Waals surface area contributed by atoms with Crippen LogP contribution >= 0.6 is 0 Å². The van der Waals surface area contributed by atoms with Crippen LogP contribution < -0.4 is 5.32 Å². The summed E-state index contributed by atoms with van der Waals surface area (Å²) in [6.45, 7) is 6.53. The van der Waals surface area contributed by atoms with Crippen molar-refractivity contribution in [1.29, 1.82) is 0 Å². The van der Waals surface area contributed by atoms with Crippen LogP contribution in [0.2, 0.25) is 0 Å². The van der Waals surface area contributed by atoms with Gasteiger partial charge in [0.15, 0.2) is 9.84 Å². The van der Waals surface area contributed by atoms with Crippen LogP contribution in [0.3, 0.4) is 0 Å². The van der Waals surface area contributed by atoms with Crippen molar-refractivity contribution >= 4 is 9.84 Å². The van der Waals surface area contributed by atoms with Crippen LogP contribution in [0, 0.1) is 6.92 Å². The molecule has 1 aliphatic heterocycles. The van der Waals surface area contributed by atoms with Gasteiger partial charge in [-0.15, -0.1) is 0 Å². The fourth-order valence-electron chi connectivity index (χ4n) is 2.30. The molecule has 0 saturated heterocycles. The number of aryl methyl sites for hydroxylation is 1. The van der Waals surface area contributed by atoms with Crippen LogP contribution in [0.5, 0.6) is 0 Å². The van der Waals surface area contributed by atoms with E-state index in [0.29, 0.717) is 4.90 Å². The standard InChI is InChI=1S/C12H17NO2S/c1-4-13-12-9(3)16(14,15)11-6-5-8(2)7-10(11)12/h5-7,9,12-13H,4H2,1-3H3. The number of nitrogens with one attached hydrogen (secondary N) is 1. The lowest BCUT2D eigenvalue weighted by Gasteiger charge is -2.16. The molecule has 1 N–H and O–H groups in total. The third-order valence-corrected chi connectivity index (χ3v) is 5.43. The molecule has 0 aromatic heterocycles. The normalized spacial score (nSPS) is 26.7. The molecule has 0 amide bonds. The van der Waals surface area contributed by atoms with Crippen LogP contribution in [0.4, 0.5) is 0 Å². The summed E-state index contributed by atoms with van der Waals surface area (Å²) in [6.07, 6.45) is 0. The predicted octanol–water partition coefficient (Wildman–Crippen LogP) is 1.82. The van der Waals surface area contributed by atoms with Gasteiger partial charge in [-0.3, -0.25) is 0 Å². The Morgan fingerprint density at radius 1 is 1.38 bits per heavy atom. The van der Waals surface area contributed by atoms with Gasteiger partial charge in [0.25, 0.3) is 0 Å². The molecule has 1 aliphatic rings. The minimum Gasteiger partial charge on any atom is -0.309 e. The fraction of sp³-hybridized carbons (Fsp3) is 0.500. The van der Waals surface area contributed by atoms with E-state index < -0.39 is 9.84 Å². The van der Waals surface area contributed by atoms with Gasteiger partial charge in [-0.05, 0) is 32.0 Å². The number of hydrogen-bond donors (Lipinski definition) is 1. The van der Waals surface area contributed by atoms with Gasteiger partial charge in [0.2, 0.25) is 0 Å². The van der Waals surface area contributed by atoms with E-state index in [4.69, 9.17) is 0 Å². The lowest BCUT2D eigenvalue weighted by Crippen LogP contribution is -2.29. The van der Waals surface area contributed by atoms with Gasteiger partial charge in [0, 0.05) is 0 Å². The van der Waals surface area contributed by atoms with Gasteiger partial charge >= 0.3 is 0 Å². The fourth-order valence-corrected chi connectivity index (χ4v) is 4.07. The average Bonchev–Trinajstić information content (AvgIpc) is 2.40. The molecule has 0 saturated carbocycles. The molecular weight excluding hydrogens is 222 g/mol. The zero-order valence-electron chi connectivity index (χ0n) is 9.82. The highest BCUT2D eigenvalue weighted by molar-refractivity contribution is 7.92. The summed E-state index contributed by atoms with van der Waals surface area (Å²) in [5.74, 6) is 0. The second-order valence-corrected chi connectivity index (χ2v) is 6.60. The van der Waals surface area contributed by atoms with Crippen LogP contribution in [0.15, 0.2) is 23.1 Å². The average molecular weight is 239 g/mol. The zero-order valence-corrected chi connectivity index (χ0v) is 10.6. The number of fused-ring (bicyclic) bond motifs is 1. The minimum absolute atomic E-state index is 0.0649. The summed E-state index contributed by atoms with van der Waals surface area (Å²) in [7, 11) is -3.13. The maximum absolute atomic E-state index is 12.1. The quantitative estimate of drug-likeness (QED) is 0.856. The summed E-state index contributed by atoms with van der Waals surface area (Å²) in [5, 5.41) is 2.88. The lowest BCUT2D eigenvalue weighted by atomic mass is 10.0. The number of hydrogen-bond acceptors (Lipinski definition) is 3. The molecular formula is C12H17NO2S. The van der Waals surface area contributed by atoms with E-state index in [1.165, 1.54) is 0 Å². The first-order chi connectivity index (χ1) is 7.48. The van der Waals surface area contributed by atoms with E-state index in [1.54, 1.807) is 13.0 Å². The van der Waals surface area contributed by atoms with E-state index in [-0.39, 0.29) is 11.3 Å². The van der Waals surface area contributed by atoms with Crippen molar-refractivity contribution in [3.05, 3.63) is 29.3 Å². The summed E-state index contributed by atoms with van der Waals surface area (Å²) >= 11 is 0. The highest BCUT2D eigenvalue weighted by Gasteiger charge is 2.41. The molecule has 1 aromatic rings. The topological polar surface area (TPSA) is 46.2 Å². The van der Waals surface area contributed by atoms with Gasteiger partial charge in [-0.25, -0.2) is 8.42 Å². The van der Waals surface area contributed by atoms with Crippen LogP contribution in [-0.2, 0) is 9.84 Å². The Kier molecular flexibility index (Phi) is 2.80. The molecule has 2 atom stereocenters. The Morgan fingerprint density at radius 2 is 2.06 bits per heavy atom. The highest BCUT2D eigenvalue weighted by atomic mass is 32.2. The summed E-state index contributed by atoms with van der Waals surface area (Å²) in [4.78, 5) is 0.497. The second kappa shape index (κ2) is 3.86. The van der Waals surface area contributed by atoms with E-state index in [9.17, 15) is 8.42 Å². The van der Waals surface area contributed by atoms with Crippen LogP contribution in [0.25, 0.3) is 0 Å². The SMILES string of the molecule is CCNC1c2cc(C)ccc2S(=O)(=O)C1C. The Balaban J connectivity index is 2.61. The Morgan fingerprint density at radius 3 is 2.69 bits per heavy atom. The monoisotopic (exact) mass is 239 g/mol. The van der Waals surface area contributed by atoms with Gasteiger partial charge in [-0.1, -0.05) is 24.6 Å². The lowest BCUT2D eigenvalue weighted by molar-refractivity contribution is 0.529. The van der Waals surface area contributed by atoms with Gasteiger partial charge in [-0.2, -0.15) is 0 Å². The summed E-state index contributed by atoms with van der Waals surface area (Å²) in [5.41, 5.74) is 2.03. The highest BCUT2D eigenvalue weighted by Crippen LogP contribution is 2.39. The van der Waals surface area contributed by atoms with Crippen molar-refractivity contribution in [2.45, 2.75) is 37.0 Å². The van der Waals surface area contributed by atoms with Crippen molar-refractivity contribution < 1.29 is 8.42 Å². The molecule has 0 bridgehead atoms. The molecule has 2 rings (SSSR count). The van der Waals surface area contributed by atoms with Crippen LogP contribution in [-0.4, -0.2) is 20.2 Å². The van der Waals surface area contributed by atoms with Crippen molar-refractivity contribution in [2.24, 2.45) is 0 Å². The van der Waals surface area contributed by atoms with Gasteiger partial charge in [0.1, 0.15) is 0 Å². The van der Waals surface area contributed by atoms with E-state index in [2.05, 4.69) is 5.32 Å². The molecule has 0 spiro atoms. The molecule has 0 aliphatic carbocycles. The Labute approximate surface area is 96.8 Å². The number of benzene rings is 1. The van der Waals surface area contributed by atoms with Crippen molar-refractivity contribution in [2.75, 3.05) is 6.54 Å². The summed E-state index contributed by atoms with van der Waals surface area (Å²) in [6, 6.07) is 5.50. The molecule has 1 heterocycles. The molecule has 0 radical (unpaired) electrons. The maximum atomic E-state index is 12.1. The molecule has 1 aromatic carbocycles. The Bertz CT molecular complexity index is 508. The number of rotatable bonds is 2. The molecule has 16 heavy (non-hydrogen) atoms. The van der Waals surface area contributed by atoms with Crippen molar-refractivity contribution in [1.82, 2.24) is 5.32 Å². The first kappa shape index (κ1) is 11.6. The molecule has 2 unspecified atom stereocenters. The zero-order chi connectivity index (χ0) is 11.9. The number of sulfone groups is 1. The molecule has 4 heteroatoms.